The fourth-order valence-electron chi connectivity index (χ4n) is 1.65. The largest absolute Gasteiger partial charge is 0.458 e. The molecule has 1 heterocycles. The first-order valence-electron chi connectivity index (χ1n) is 6.81. The smallest absolute Gasteiger partial charge is 0.360 e. The van der Waals surface area contributed by atoms with Crippen molar-refractivity contribution in [2.24, 2.45) is 0 Å². The van der Waals surface area contributed by atoms with Gasteiger partial charge in [-0.3, -0.25) is 4.79 Å². The van der Waals surface area contributed by atoms with Gasteiger partial charge in [0.2, 0.25) is 5.91 Å². The van der Waals surface area contributed by atoms with Gasteiger partial charge in [0.15, 0.2) is 5.69 Å². The highest BCUT2D eigenvalue weighted by Gasteiger charge is 2.18. The second-order valence-corrected chi connectivity index (χ2v) is 4.85. The number of rotatable bonds is 8. The summed E-state index contributed by atoms with van der Waals surface area (Å²) in [6.07, 6.45) is 0.278. The summed E-state index contributed by atoms with van der Waals surface area (Å²) in [5.41, 5.74) is 0.741. The van der Waals surface area contributed by atoms with Crippen LogP contribution in [0.3, 0.4) is 0 Å². The van der Waals surface area contributed by atoms with Crippen molar-refractivity contribution in [3.05, 3.63) is 11.4 Å². The predicted octanol–water partition coefficient (Wildman–Crippen LogP) is 0.304. The molecular weight excluding hydrogens is 276 g/mol. The molecule has 0 aliphatic carbocycles. The van der Waals surface area contributed by atoms with Crippen LogP contribution in [0.5, 0.6) is 0 Å². The number of nitrogens with one attached hydrogen (secondary N) is 1. The van der Waals surface area contributed by atoms with Gasteiger partial charge in [-0.05, 0) is 20.8 Å². The molecule has 0 aliphatic heterocycles. The van der Waals surface area contributed by atoms with E-state index in [1.165, 1.54) is 11.8 Å². The van der Waals surface area contributed by atoms with E-state index in [-0.39, 0.29) is 30.7 Å². The fraction of sp³-hybridized carbons (Fsp3) is 0.692. The van der Waals surface area contributed by atoms with Gasteiger partial charge in [0.25, 0.3) is 0 Å². The van der Waals surface area contributed by atoms with Gasteiger partial charge in [0, 0.05) is 19.6 Å². The number of hydrogen-bond acceptors (Lipinski definition) is 6. The minimum absolute atomic E-state index is 0.0656. The first kappa shape index (κ1) is 17.1. The van der Waals surface area contributed by atoms with Gasteiger partial charge in [-0.25, -0.2) is 9.48 Å². The number of ether oxygens (including phenoxy) is 2. The van der Waals surface area contributed by atoms with E-state index >= 15 is 0 Å². The molecule has 0 saturated heterocycles. The second-order valence-electron chi connectivity index (χ2n) is 4.85. The van der Waals surface area contributed by atoms with E-state index in [2.05, 4.69) is 15.6 Å². The highest BCUT2D eigenvalue weighted by atomic mass is 16.6. The molecule has 0 spiro atoms. The molecule has 1 amide bonds. The van der Waals surface area contributed by atoms with E-state index in [9.17, 15) is 9.59 Å². The lowest BCUT2D eigenvalue weighted by atomic mass is 10.3. The van der Waals surface area contributed by atoms with Gasteiger partial charge < -0.3 is 14.8 Å². The summed E-state index contributed by atoms with van der Waals surface area (Å²) in [4.78, 5) is 23.3. The van der Waals surface area contributed by atoms with E-state index in [1.54, 1.807) is 6.92 Å². The molecule has 0 saturated carbocycles. The molecule has 8 nitrogen and oxygen atoms in total. The molecule has 0 fully saturated rings. The van der Waals surface area contributed by atoms with Crippen molar-refractivity contribution < 1.29 is 19.1 Å². The van der Waals surface area contributed by atoms with Crippen LogP contribution < -0.4 is 5.32 Å². The Labute approximate surface area is 123 Å². The van der Waals surface area contributed by atoms with E-state index in [0.29, 0.717) is 18.8 Å². The number of aryl methyl sites for hydroxylation is 1. The molecule has 1 N–H and O–H groups in total. The van der Waals surface area contributed by atoms with Gasteiger partial charge in [-0.1, -0.05) is 5.21 Å². The van der Waals surface area contributed by atoms with Crippen molar-refractivity contribution in [3.8, 4) is 0 Å². The summed E-state index contributed by atoms with van der Waals surface area (Å²) in [6.45, 7) is 6.36. The first-order chi connectivity index (χ1) is 9.95. The Hall–Kier alpha value is -1.96. The summed E-state index contributed by atoms with van der Waals surface area (Å²) in [7, 11) is 1.53. The number of nitrogens with zero attached hydrogens (tertiary/aromatic N) is 3. The van der Waals surface area contributed by atoms with Crippen LogP contribution in [0.4, 0.5) is 0 Å². The summed E-state index contributed by atoms with van der Waals surface area (Å²) in [6, 6.07) is 0.0978. The van der Waals surface area contributed by atoms with Crippen molar-refractivity contribution in [1.29, 1.82) is 0 Å². The predicted molar refractivity (Wildman–Crippen MR) is 74.8 cm³/mol. The van der Waals surface area contributed by atoms with Crippen LogP contribution in [0.15, 0.2) is 0 Å². The summed E-state index contributed by atoms with van der Waals surface area (Å²) >= 11 is 0. The van der Waals surface area contributed by atoms with Crippen LogP contribution in [0.2, 0.25) is 0 Å². The highest BCUT2D eigenvalue weighted by molar-refractivity contribution is 5.88. The second kappa shape index (κ2) is 8.35. The van der Waals surface area contributed by atoms with Crippen molar-refractivity contribution in [2.75, 3.05) is 20.3 Å². The number of carbonyl (C=O) groups excluding carboxylic acids is 2. The van der Waals surface area contributed by atoms with E-state index in [1.807, 2.05) is 13.8 Å². The minimum Gasteiger partial charge on any atom is -0.458 e. The van der Waals surface area contributed by atoms with Gasteiger partial charge in [0.1, 0.15) is 6.61 Å². The van der Waals surface area contributed by atoms with Crippen LogP contribution in [0, 0.1) is 6.92 Å². The van der Waals surface area contributed by atoms with Crippen LogP contribution >= 0.6 is 0 Å². The zero-order valence-electron chi connectivity index (χ0n) is 12.9. The maximum Gasteiger partial charge on any atom is 0.360 e. The zero-order valence-corrected chi connectivity index (χ0v) is 12.9. The molecule has 1 aromatic heterocycles. The van der Waals surface area contributed by atoms with Crippen molar-refractivity contribution in [1.82, 2.24) is 20.3 Å². The molecule has 0 radical (unpaired) electrons. The number of esters is 1. The number of aromatic nitrogens is 3. The molecular formula is C13H22N4O4. The number of carbonyl (C=O) groups is 2. The molecule has 21 heavy (non-hydrogen) atoms. The van der Waals surface area contributed by atoms with Gasteiger partial charge in [-0.2, -0.15) is 0 Å². The molecule has 1 aromatic rings. The quantitative estimate of drug-likeness (QED) is 0.548. The zero-order chi connectivity index (χ0) is 15.8. The number of amides is 1. The van der Waals surface area contributed by atoms with Crippen LogP contribution in [0.25, 0.3) is 0 Å². The lowest BCUT2D eigenvalue weighted by Gasteiger charge is -2.08. The maximum atomic E-state index is 11.8. The Bertz CT molecular complexity index is 485. The standard InChI is InChI=1S/C13H22N4O4/c1-9(2)14-11(18)5-6-17-10(3)12(15-16-17)13(19)21-8-7-20-4/h9H,5-8H2,1-4H3,(H,14,18). The molecule has 0 atom stereocenters. The Morgan fingerprint density at radius 3 is 2.67 bits per heavy atom. The number of hydrogen-bond donors (Lipinski definition) is 1. The van der Waals surface area contributed by atoms with Crippen LogP contribution in [-0.2, 0) is 20.8 Å². The average Bonchev–Trinajstić information content (AvgIpc) is 2.77. The monoisotopic (exact) mass is 298 g/mol. The molecule has 0 aliphatic rings. The maximum absolute atomic E-state index is 11.8. The summed E-state index contributed by atoms with van der Waals surface area (Å²) in [5.74, 6) is -0.605. The molecule has 0 aromatic carbocycles. The van der Waals surface area contributed by atoms with Crippen LogP contribution in [-0.4, -0.2) is 53.2 Å². The molecule has 0 bridgehead atoms. The Balaban J connectivity index is 2.55. The fourth-order valence-corrected chi connectivity index (χ4v) is 1.65. The lowest BCUT2D eigenvalue weighted by Crippen LogP contribution is -2.30. The first-order valence-corrected chi connectivity index (χ1v) is 6.81. The van der Waals surface area contributed by atoms with Crippen LogP contribution in [0.1, 0.15) is 36.5 Å². The molecule has 118 valence electrons. The van der Waals surface area contributed by atoms with E-state index in [0.717, 1.165) is 0 Å². The third-order valence-corrected chi connectivity index (χ3v) is 2.70. The van der Waals surface area contributed by atoms with E-state index in [4.69, 9.17) is 9.47 Å². The average molecular weight is 298 g/mol. The summed E-state index contributed by atoms with van der Waals surface area (Å²) in [5, 5.41) is 10.5. The third-order valence-electron chi connectivity index (χ3n) is 2.70. The van der Waals surface area contributed by atoms with Crippen molar-refractivity contribution in [3.63, 3.8) is 0 Å². The van der Waals surface area contributed by atoms with Crippen molar-refractivity contribution in [2.45, 2.75) is 39.8 Å². The lowest BCUT2D eigenvalue weighted by molar-refractivity contribution is -0.121. The Morgan fingerprint density at radius 2 is 2.05 bits per heavy atom. The summed E-state index contributed by atoms with van der Waals surface area (Å²) < 4.78 is 11.3. The molecule has 0 unspecified atom stereocenters. The van der Waals surface area contributed by atoms with Gasteiger partial charge >= 0.3 is 5.97 Å². The minimum atomic E-state index is -0.539. The molecule has 8 heteroatoms. The van der Waals surface area contributed by atoms with E-state index < -0.39 is 5.97 Å². The SMILES string of the molecule is COCCOC(=O)c1nnn(CCC(=O)NC(C)C)c1C. The topological polar surface area (TPSA) is 95.3 Å². The Morgan fingerprint density at radius 1 is 1.33 bits per heavy atom. The van der Waals surface area contributed by atoms with Gasteiger partial charge in [0.05, 0.1) is 18.8 Å². The third kappa shape index (κ3) is 5.50. The normalized spacial score (nSPS) is 10.7. The highest BCUT2D eigenvalue weighted by Crippen LogP contribution is 2.06. The molecule has 1 rings (SSSR count). The van der Waals surface area contributed by atoms with Gasteiger partial charge in [-0.15, -0.1) is 5.10 Å². The Kier molecular flexibility index (Phi) is 6.80. The number of methoxy groups -OCH3 is 1. The van der Waals surface area contributed by atoms with Crippen molar-refractivity contribution >= 4 is 11.9 Å².